The maximum Gasteiger partial charge on any atom is 0.348 e. The highest BCUT2D eigenvalue weighted by atomic mass is 16.5. The third-order valence-electron chi connectivity index (χ3n) is 2.67. The summed E-state index contributed by atoms with van der Waals surface area (Å²) in [6, 6.07) is 8.14. The molecule has 0 saturated heterocycles. The number of para-hydroxylation sites is 1. The number of H-pyrrole nitrogens is 1. The van der Waals surface area contributed by atoms with Crippen molar-refractivity contribution < 1.29 is 9.53 Å². The normalized spacial score (nSPS) is 11.2. The summed E-state index contributed by atoms with van der Waals surface area (Å²) in [5.74, 6) is -0.378. The van der Waals surface area contributed by atoms with Crippen molar-refractivity contribution >= 4 is 23.1 Å². The number of nitrogens with zero attached hydrogens (tertiary/aromatic N) is 1. The van der Waals surface area contributed by atoms with Gasteiger partial charge in [0.1, 0.15) is 6.21 Å². The van der Waals surface area contributed by atoms with E-state index in [1.165, 1.54) is 17.2 Å². The van der Waals surface area contributed by atoms with E-state index in [2.05, 4.69) is 16.0 Å². The molecule has 0 saturated carbocycles. The topological polar surface area (TPSA) is 54.4 Å². The van der Waals surface area contributed by atoms with Crippen molar-refractivity contribution in [3.63, 3.8) is 0 Å². The van der Waals surface area contributed by atoms with E-state index in [0.717, 1.165) is 11.9 Å². The fourth-order valence-corrected chi connectivity index (χ4v) is 1.84. The Kier molecular flexibility index (Phi) is 4.12. The van der Waals surface area contributed by atoms with Crippen LogP contribution in [0, 0.1) is 0 Å². The zero-order valence-corrected chi connectivity index (χ0v) is 10.3. The van der Waals surface area contributed by atoms with Crippen LogP contribution in [0.3, 0.4) is 0 Å². The number of rotatable bonds is 5. The molecule has 0 radical (unpaired) electrons. The van der Waals surface area contributed by atoms with Gasteiger partial charge in [-0.25, -0.2) is 4.79 Å². The molecule has 1 aromatic heterocycles. The van der Waals surface area contributed by atoms with Crippen LogP contribution in [0.25, 0.3) is 10.9 Å². The summed E-state index contributed by atoms with van der Waals surface area (Å²) in [6.45, 7) is 2.74. The van der Waals surface area contributed by atoms with Gasteiger partial charge in [-0.1, -0.05) is 18.2 Å². The lowest BCUT2D eigenvalue weighted by Gasteiger charge is -1.96. The van der Waals surface area contributed by atoms with Crippen molar-refractivity contribution in [1.29, 1.82) is 0 Å². The van der Waals surface area contributed by atoms with Gasteiger partial charge in [0.05, 0.1) is 6.61 Å². The van der Waals surface area contributed by atoms with Crippen LogP contribution in [-0.2, 0) is 16.0 Å². The van der Waals surface area contributed by atoms with Crippen LogP contribution in [-0.4, -0.2) is 30.3 Å². The number of hydrogen-bond donors (Lipinski definition) is 1. The summed E-state index contributed by atoms with van der Waals surface area (Å²) >= 11 is 0. The molecule has 18 heavy (non-hydrogen) atoms. The first kappa shape index (κ1) is 12.4. The smallest absolute Gasteiger partial charge is 0.348 e. The Bertz CT molecular complexity index is 558. The van der Waals surface area contributed by atoms with E-state index >= 15 is 0 Å². The number of nitrogens with one attached hydrogen (secondary N) is 1. The summed E-state index contributed by atoms with van der Waals surface area (Å²) < 4.78 is 4.75. The van der Waals surface area contributed by atoms with Gasteiger partial charge in [-0.2, -0.15) is 0 Å². The first-order valence-electron chi connectivity index (χ1n) is 6.03. The van der Waals surface area contributed by atoms with E-state index in [1.54, 1.807) is 6.92 Å². The number of fused-ring (bicyclic) bond motifs is 1. The highest BCUT2D eigenvalue weighted by Gasteiger charge is 2.01. The number of carbonyl (C=O) groups excluding carboxylic acids is 1. The van der Waals surface area contributed by atoms with E-state index in [-0.39, 0.29) is 5.97 Å². The Morgan fingerprint density at radius 1 is 1.44 bits per heavy atom. The molecular weight excluding hydrogens is 228 g/mol. The molecule has 0 aliphatic rings. The second kappa shape index (κ2) is 6.00. The fourth-order valence-electron chi connectivity index (χ4n) is 1.84. The van der Waals surface area contributed by atoms with Gasteiger partial charge in [0.2, 0.25) is 0 Å². The molecule has 2 aromatic rings. The van der Waals surface area contributed by atoms with Gasteiger partial charge in [-0.15, -0.1) is 0 Å². The molecule has 0 unspecified atom stereocenters. The predicted octanol–water partition coefficient (Wildman–Crippen LogP) is 2.34. The number of aliphatic imine (C=N–C) groups is 1. The lowest BCUT2D eigenvalue weighted by molar-refractivity contribution is -0.134. The van der Waals surface area contributed by atoms with E-state index in [4.69, 9.17) is 4.74 Å². The number of carbonyl (C=O) groups is 1. The second-order valence-electron chi connectivity index (χ2n) is 3.90. The zero-order chi connectivity index (χ0) is 12.8. The highest BCUT2D eigenvalue weighted by molar-refractivity contribution is 6.23. The molecule has 0 bridgehead atoms. The van der Waals surface area contributed by atoms with Gasteiger partial charge in [0.25, 0.3) is 0 Å². The molecule has 0 aliphatic heterocycles. The van der Waals surface area contributed by atoms with Crippen LogP contribution in [0.1, 0.15) is 12.5 Å². The summed E-state index contributed by atoms with van der Waals surface area (Å²) in [4.78, 5) is 18.3. The molecule has 2 rings (SSSR count). The number of aromatic nitrogens is 1. The zero-order valence-electron chi connectivity index (χ0n) is 10.3. The van der Waals surface area contributed by atoms with Crippen LogP contribution < -0.4 is 0 Å². The first-order chi connectivity index (χ1) is 8.81. The second-order valence-corrected chi connectivity index (χ2v) is 3.90. The maximum absolute atomic E-state index is 11.0. The molecule has 1 heterocycles. The minimum Gasteiger partial charge on any atom is -0.462 e. The highest BCUT2D eigenvalue weighted by Crippen LogP contribution is 2.17. The largest absolute Gasteiger partial charge is 0.462 e. The van der Waals surface area contributed by atoms with Crippen LogP contribution in [0.4, 0.5) is 0 Å². The predicted molar refractivity (Wildman–Crippen MR) is 72.0 cm³/mol. The molecule has 0 spiro atoms. The van der Waals surface area contributed by atoms with Gasteiger partial charge in [-0.05, 0) is 25.0 Å². The molecule has 1 N–H and O–H groups in total. The molecule has 4 nitrogen and oxygen atoms in total. The average Bonchev–Trinajstić information content (AvgIpc) is 2.78. The van der Waals surface area contributed by atoms with Crippen LogP contribution in [0.15, 0.2) is 35.5 Å². The number of benzene rings is 1. The summed E-state index contributed by atoms with van der Waals surface area (Å²) in [7, 11) is 0. The van der Waals surface area contributed by atoms with E-state index < -0.39 is 0 Å². The Hall–Kier alpha value is -2.10. The third kappa shape index (κ3) is 2.97. The van der Waals surface area contributed by atoms with Crippen LogP contribution >= 0.6 is 0 Å². The van der Waals surface area contributed by atoms with Crippen molar-refractivity contribution in [2.24, 2.45) is 4.99 Å². The van der Waals surface area contributed by atoms with Crippen molar-refractivity contribution in [2.45, 2.75) is 13.3 Å². The van der Waals surface area contributed by atoms with Crippen molar-refractivity contribution in [2.75, 3.05) is 13.2 Å². The van der Waals surface area contributed by atoms with Gasteiger partial charge >= 0.3 is 5.97 Å². The SMILES string of the molecule is CCOC(=O)C=NCCc1c[nH]c2ccccc12. The minimum atomic E-state index is -0.378. The average molecular weight is 244 g/mol. The van der Waals surface area contributed by atoms with Crippen molar-refractivity contribution in [1.82, 2.24) is 4.98 Å². The van der Waals surface area contributed by atoms with E-state index in [9.17, 15) is 4.79 Å². The maximum atomic E-state index is 11.0. The van der Waals surface area contributed by atoms with Gasteiger partial charge < -0.3 is 9.72 Å². The van der Waals surface area contributed by atoms with Crippen molar-refractivity contribution in [3.05, 3.63) is 36.0 Å². The van der Waals surface area contributed by atoms with E-state index in [0.29, 0.717) is 13.2 Å². The molecule has 0 aliphatic carbocycles. The summed E-state index contributed by atoms with van der Waals surface area (Å²) in [6.07, 6.45) is 4.04. The molecule has 0 fully saturated rings. The Labute approximate surface area is 106 Å². The Morgan fingerprint density at radius 3 is 3.11 bits per heavy atom. The number of aromatic amines is 1. The molecule has 94 valence electrons. The number of esters is 1. The fraction of sp³-hybridized carbons (Fsp3) is 0.286. The number of ether oxygens (including phenoxy) is 1. The van der Waals surface area contributed by atoms with Gasteiger partial charge in [-0.3, -0.25) is 4.99 Å². The molecule has 0 atom stereocenters. The monoisotopic (exact) mass is 244 g/mol. The summed E-state index contributed by atoms with van der Waals surface area (Å²) in [5.41, 5.74) is 2.34. The van der Waals surface area contributed by atoms with E-state index in [1.807, 2.05) is 24.4 Å². The van der Waals surface area contributed by atoms with Crippen molar-refractivity contribution in [3.8, 4) is 0 Å². The molecular formula is C14H16N2O2. The Balaban J connectivity index is 1.93. The standard InChI is InChI=1S/C14H16N2O2/c1-2-18-14(17)10-15-8-7-11-9-16-13-6-4-3-5-12(11)13/h3-6,9-10,16H,2,7-8H2,1H3. The van der Waals surface area contributed by atoms with Gasteiger partial charge in [0, 0.05) is 23.6 Å². The quantitative estimate of drug-likeness (QED) is 0.648. The van der Waals surface area contributed by atoms with Crippen LogP contribution in [0.2, 0.25) is 0 Å². The van der Waals surface area contributed by atoms with Crippen LogP contribution in [0.5, 0.6) is 0 Å². The summed E-state index contributed by atoms with van der Waals surface area (Å²) in [5, 5.41) is 1.21. The lowest BCUT2D eigenvalue weighted by Crippen LogP contribution is -2.05. The lowest BCUT2D eigenvalue weighted by atomic mass is 10.1. The molecule has 0 amide bonds. The molecule has 1 aromatic carbocycles. The third-order valence-corrected chi connectivity index (χ3v) is 2.67. The molecule has 4 heteroatoms. The first-order valence-corrected chi connectivity index (χ1v) is 6.03. The minimum absolute atomic E-state index is 0.378. The van der Waals surface area contributed by atoms with Gasteiger partial charge in [0.15, 0.2) is 0 Å². The number of hydrogen-bond acceptors (Lipinski definition) is 3. The Morgan fingerprint density at radius 2 is 2.28 bits per heavy atom.